The predicted octanol–water partition coefficient (Wildman–Crippen LogP) is 9.47. The summed E-state index contributed by atoms with van der Waals surface area (Å²) in [6.07, 6.45) is 2.54. The van der Waals surface area contributed by atoms with Crippen molar-refractivity contribution >= 4 is 57.4 Å². The third kappa shape index (κ3) is 10.2. The van der Waals surface area contributed by atoms with Crippen LogP contribution in [0.15, 0.2) is 78.9 Å². The van der Waals surface area contributed by atoms with Crippen molar-refractivity contribution < 1.29 is 42.2 Å². The second kappa shape index (κ2) is 21.5. The molecule has 19 heteroatoms. The number of likely N-dealkylation sites (tertiary alicyclic amines) is 2. The van der Waals surface area contributed by atoms with Crippen LogP contribution in [-0.2, 0) is 23.8 Å². The molecule has 7 atom stereocenters. The number of nitrogens with one attached hydrogen (secondary N) is 4. The van der Waals surface area contributed by atoms with Gasteiger partial charge in [0.25, 0.3) is 0 Å². The predicted molar refractivity (Wildman–Crippen MR) is 279 cm³/mol. The zero-order chi connectivity index (χ0) is 52.7. The number of benzene rings is 4. The number of fused-ring (bicyclic) bond motifs is 2. The smallest absolute Gasteiger partial charge is 0.407 e. The van der Waals surface area contributed by atoms with Gasteiger partial charge in [-0.2, -0.15) is 0 Å². The fourth-order valence-corrected chi connectivity index (χ4v) is 11.8. The van der Waals surface area contributed by atoms with E-state index >= 15 is 8.78 Å². The molecule has 4 aromatic carbocycles. The number of amides is 4. The Labute approximate surface area is 434 Å². The van der Waals surface area contributed by atoms with Crippen LogP contribution in [0, 0.1) is 23.5 Å². The second-order valence-electron chi connectivity index (χ2n) is 20.9. The summed E-state index contributed by atoms with van der Waals surface area (Å²) in [6, 6.07) is 21.8. The summed E-state index contributed by atoms with van der Waals surface area (Å²) >= 11 is 0. The summed E-state index contributed by atoms with van der Waals surface area (Å²) in [5.74, 6) is -0.818. The molecule has 4 aliphatic heterocycles. The molecule has 0 aliphatic carbocycles. The molecule has 10 rings (SSSR count). The molecule has 0 saturated carbocycles. The number of nitrogens with zero attached hydrogens (tertiary/aromatic N) is 6. The molecule has 4 saturated heterocycles. The molecular weight excluding hydrogens is 963 g/mol. The van der Waals surface area contributed by atoms with Crippen molar-refractivity contribution in [3.05, 3.63) is 119 Å². The summed E-state index contributed by atoms with van der Waals surface area (Å²) in [6.45, 7) is 9.47. The number of aromatic nitrogens is 4. The van der Waals surface area contributed by atoms with E-state index in [2.05, 4.69) is 25.5 Å². The van der Waals surface area contributed by atoms with E-state index in [0.717, 1.165) is 40.6 Å². The van der Waals surface area contributed by atoms with E-state index in [1.165, 1.54) is 26.4 Å². The molecule has 0 radical (unpaired) electrons. The number of imidazole rings is 2. The minimum Gasteiger partial charge on any atom is -0.453 e. The standard InChI is InChI=1S/C56H66F2N10O7/c1-31(2)48(63-55(71)73-5)53(69)66-22-10-14-45(66)51-59-39-18-16-34(26-41(39)61-51)43-20-21-44(68(43)36-28-37(57)50(38(58)29-36)65-24-25-75-47(30-65)33-12-8-7-9-13-33)35-17-19-40-42(27-35)62-52(60-40)46-15-11-23-67(46)54(70)49(32(3)4)64-56(72)74-6/h7-9,12-13,16-19,26-29,31-32,43-49H,10-11,14-15,20-25,30H2,1-6H3,(H,59,61)(H,60,62)(H,63,71)(H,64,72)/t43-,44-,45+,46+,47?,48+,49+/m1/s1. The highest BCUT2D eigenvalue weighted by atomic mass is 19.1. The van der Waals surface area contributed by atoms with Crippen molar-refractivity contribution in [1.82, 2.24) is 40.4 Å². The molecule has 0 bridgehead atoms. The Balaban J connectivity index is 0.978. The van der Waals surface area contributed by atoms with Crippen molar-refractivity contribution in [2.75, 3.05) is 56.8 Å². The van der Waals surface area contributed by atoms with Crippen molar-refractivity contribution in [1.29, 1.82) is 0 Å². The molecule has 396 valence electrons. The molecule has 17 nitrogen and oxygen atoms in total. The summed E-state index contributed by atoms with van der Waals surface area (Å²) in [7, 11) is 2.54. The Kier molecular flexibility index (Phi) is 14.7. The molecule has 0 spiro atoms. The van der Waals surface area contributed by atoms with E-state index in [0.29, 0.717) is 80.3 Å². The summed E-state index contributed by atoms with van der Waals surface area (Å²) in [4.78, 5) is 76.9. The van der Waals surface area contributed by atoms with Crippen LogP contribution in [-0.4, -0.2) is 113 Å². The first-order valence-corrected chi connectivity index (χ1v) is 26.2. The van der Waals surface area contributed by atoms with Gasteiger partial charge in [0.1, 0.15) is 35.5 Å². The van der Waals surface area contributed by atoms with Gasteiger partial charge >= 0.3 is 12.2 Å². The number of anilines is 2. The van der Waals surface area contributed by atoms with Crippen molar-refractivity contribution in [3.63, 3.8) is 0 Å². The Bertz CT molecular complexity index is 2910. The number of aromatic amines is 2. The van der Waals surface area contributed by atoms with Gasteiger partial charge in [-0.05, 0) is 103 Å². The van der Waals surface area contributed by atoms with Crippen LogP contribution in [0.2, 0.25) is 0 Å². The Morgan fingerprint density at radius 1 is 0.640 bits per heavy atom. The highest BCUT2D eigenvalue weighted by Gasteiger charge is 2.41. The van der Waals surface area contributed by atoms with Gasteiger partial charge in [-0.25, -0.2) is 28.3 Å². The number of hydrogen-bond acceptors (Lipinski definition) is 11. The molecule has 6 aromatic rings. The molecule has 1 unspecified atom stereocenters. The van der Waals surface area contributed by atoms with E-state index in [1.807, 2.05) is 94.4 Å². The number of hydrogen-bond donors (Lipinski definition) is 4. The van der Waals surface area contributed by atoms with E-state index < -0.39 is 35.9 Å². The van der Waals surface area contributed by atoms with Gasteiger partial charge in [-0.3, -0.25) is 9.59 Å². The number of methoxy groups -OCH3 is 2. The lowest BCUT2D eigenvalue weighted by Gasteiger charge is -2.36. The molecule has 4 N–H and O–H groups in total. The first-order chi connectivity index (χ1) is 36.2. The van der Waals surface area contributed by atoms with Gasteiger partial charge in [0, 0.05) is 31.9 Å². The minimum absolute atomic E-state index is 0.0893. The lowest BCUT2D eigenvalue weighted by Crippen LogP contribution is -2.51. The van der Waals surface area contributed by atoms with Gasteiger partial charge in [0.05, 0.1) is 67.1 Å². The van der Waals surface area contributed by atoms with Crippen LogP contribution >= 0.6 is 0 Å². The molecule has 6 heterocycles. The number of halogens is 2. The first kappa shape index (κ1) is 51.2. The monoisotopic (exact) mass is 1030 g/mol. The second-order valence-corrected chi connectivity index (χ2v) is 20.9. The molecular formula is C56H66F2N10O7. The Morgan fingerprint density at radius 3 is 1.60 bits per heavy atom. The third-order valence-electron chi connectivity index (χ3n) is 15.5. The fourth-order valence-electron chi connectivity index (χ4n) is 11.8. The lowest BCUT2D eigenvalue weighted by atomic mass is 10.0. The Hall–Kier alpha value is -7.28. The largest absolute Gasteiger partial charge is 0.453 e. The number of morpholine rings is 1. The Morgan fingerprint density at radius 2 is 1.13 bits per heavy atom. The zero-order valence-electron chi connectivity index (χ0n) is 43.3. The number of rotatable bonds is 13. The van der Waals surface area contributed by atoms with Gasteiger partial charge < -0.3 is 54.4 Å². The molecule has 75 heavy (non-hydrogen) atoms. The van der Waals surface area contributed by atoms with Crippen LogP contribution < -0.4 is 20.4 Å². The molecule has 4 aliphatic rings. The van der Waals surface area contributed by atoms with Crippen molar-refractivity contribution in [2.24, 2.45) is 11.8 Å². The van der Waals surface area contributed by atoms with Crippen LogP contribution in [0.4, 0.5) is 29.7 Å². The first-order valence-electron chi connectivity index (χ1n) is 26.2. The maximum Gasteiger partial charge on any atom is 0.407 e. The highest BCUT2D eigenvalue weighted by Crippen LogP contribution is 2.49. The maximum absolute atomic E-state index is 16.9. The number of H-pyrrole nitrogens is 2. The number of carbonyl (C=O) groups is 4. The zero-order valence-corrected chi connectivity index (χ0v) is 43.3. The normalized spacial score (nSPS) is 21.9. The van der Waals surface area contributed by atoms with Crippen LogP contribution in [0.25, 0.3) is 22.1 Å². The van der Waals surface area contributed by atoms with Crippen molar-refractivity contribution in [3.8, 4) is 0 Å². The fraction of sp³-hybridized carbons (Fsp3) is 0.464. The number of alkyl carbamates (subject to hydrolysis) is 2. The molecule has 4 fully saturated rings. The summed E-state index contributed by atoms with van der Waals surface area (Å²) in [5, 5.41) is 5.43. The van der Waals surface area contributed by atoms with E-state index in [4.69, 9.17) is 24.2 Å². The van der Waals surface area contributed by atoms with E-state index in [9.17, 15) is 19.2 Å². The van der Waals surface area contributed by atoms with Crippen LogP contribution in [0.1, 0.15) is 125 Å². The van der Waals surface area contributed by atoms with Gasteiger partial charge in [-0.1, -0.05) is 70.2 Å². The minimum atomic E-state index is -0.774. The highest BCUT2D eigenvalue weighted by molar-refractivity contribution is 5.88. The molecule has 4 amide bonds. The topological polar surface area (TPSA) is 190 Å². The third-order valence-corrected chi connectivity index (χ3v) is 15.5. The van der Waals surface area contributed by atoms with Crippen molar-refractivity contribution in [2.45, 2.75) is 109 Å². The summed E-state index contributed by atoms with van der Waals surface area (Å²) < 4.78 is 49.5. The van der Waals surface area contributed by atoms with Gasteiger partial charge in [0.15, 0.2) is 11.6 Å². The van der Waals surface area contributed by atoms with Gasteiger partial charge in [-0.15, -0.1) is 0 Å². The lowest BCUT2D eigenvalue weighted by molar-refractivity contribution is -0.136. The quantitative estimate of drug-likeness (QED) is 0.0862. The van der Waals surface area contributed by atoms with E-state index in [-0.39, 0.29) is 66.2 Å². The average Bonchev–Trinajstić information content (AvgIpc) is 4.28. The summed E-state index contributed by atoms with van der Waals surface area (Å²) in [5.41, 5.74) is 6.03. The van der Waals surface area contributed by atoms with Crippen LogP contribution in [0.3, 0.4) is 0 Å². The number of ether oxygens (including phenoxy) is 3. The molecule has 2 aromatic heterocycles. The van der Waals surface area contributed by atoms with Gasteiger partial charge in [0.2, 0.25) is 11.8 Å². The number of carbonyl (C=O) groups excluding carboxylic acids is 4. The SMILES string of the molecule is COC(=O)N[C@H](C(=O)N1CCC[C@H]1c1nc2ccc([C@H]3CC[C@H](c4ccc5nc([C@@H]6CCCN6C(=O)[C@@H](NC(=O)OC)C(C)C)[nH]c5c4)N3c3cc(F)c(N4CCOC(c5ccccc5)C4)c(F)c3)cc2[nH]1)C(C)C. The maximum atomic E-state index is 16.9. The average molecular weight is 1030 g/mol. The van der Waals surface area contributed by atoms with E-state index in [1.54, 1.807) is 14.7 Å². The van der Waals surface area contributed by atoms with Crippen LogP contribution in [0.5, 0.6) is 0 Å².